The van der Waals surface area contributed by atoms with E-state index in [4.69, 9.17) is 11.1 Å². The zero-order valence-electron chi connectivity index (χ0n) is 47.4. The SMILES string of the molecule is C.C.C=CCC.C=CC[Si](C)(C)C(CC(C)(C)CC)c1ccccc1.C=CC[Si](C)(C)Cl.C=Cc1ccccc1.CC(C)C[CH-]c1ccccc1.CCC(C)C[CH-]c1ccccc1.C[CH-]CC.[Li+].[Li+].[Li+]. The van der Waals surface area contributed by atoms with Crippen molar-refractivity contribution >= 4 is 32.6 Å². The minimum absolute atomic E-state index is 0. The summed E-state index contributed by atoms with van der Waals surface area (Å²) in [5.74, 6) is 1.57. The van der Waals surface area contributed by atoms with Crippen LogP contribution in [-0.2, 0) is 0 Å². The fourth-order valence-corrected chi connectivity index (χ4v) is 9.97. The van der Waals surface area contributed by atoms with Crippen LogP contribution in [0.5, 0.6) is 0 Å². The van der Waals surface area contributed by atoms with Crippen molar-refractivity contribution in [3.05, 3.63) is 207 Å². The molecule has 0 fully saturated rings. The van der Waals surface area contributed by atoms with E-state index in [1.54, 1.807) is 0 Å². The van der Waals surface area contributed by atoms with Gasteiger partial charge in [0.05, 0.1) is 8.07 Å². The second-order valence-corrected chi connectivity index (χ2v) is 31.1. The van der Waals surface area contributed by atoms with Crippen molar-refractivity contribution in [2.24, 2.45) is 17.3 Å². The maximum Gasteiger partial charge on any atom is 1.00 e. The van der Waals surface area contributed by atoms with E-state index in [-0.39, 0.29) is 71.4 Å². The van der Waals surface area contributed by atoms with Gasteiger partial charge in [0.25, 0.3) is 0 Å². The van der Waals surface area contributed by atoms with E-state index >= 15 is 0 Å². The minimum atomic E-state index is -1.32. The molecule has 2 atom stereocenters. The monoisotopic (exact) mass is 987 g/mol. The minimum Gasteiger partial charge on any atom is -0.332 e. The van der Waals surface area contributed by atoms with Crippen molar-refractivity contribution < 1.29 is 56.6 Å². The summed E-state index contributed by atoms with van der Waals surface area (Å²) in [6, 6.07) is 44.4. The van der Waals surface area contributed by atoms with Crippen molar-refractivity contribution in [3.63, 3.8) is 0 Å². The van der Waals surface area contributed by atoms with Crippen molar-refractivity contribution in [1.82, 2.24) is 0 Å². The molecule has 0 saturated carbocycles. The Balaban J connectivity index is -0.000000112. The second kappa shape index (κ2) is 54.9. The molecule has 0 spiro atoms. The van der Waals surface area contributed by atoms with Crippen LogP contribution in [0.4, 0.5) is 0 Å². The van der Waals surface area contributed by atoms with Gasteiger partial charge in [-0.25, -0.2) is 0 Å². The number of allylic oxidation sites excluding steroid dienone is 3. The van der Waals surface area contributed by atoms with E-state index in [0.717, 1.165) is 29.8 Å². The number of unbranched alkanes of at least 4 members (excludes halogenated alkanes) is 1. The molecule has 0 heterocycles. The van der Waals surface area contributed by atoms with E-state index in [0.29, 0.717) is 5.41 Å². The average Bonchev–Trinajstić information content (AvgIpc) is 3.31. The van der Waals surface area contributed by atoms with Gasteiger partial charge in [-0.2, -0.15) is 72.7 Å². The van der Waals surface area contributed by atoms with Gasteiger partial charge in [0.1, 0.15) is 0 Å². The molecule has 0 N–H and O–H groups in total. The molecule has 0 aliphatic carbocycles. The molecular weight excluding hydrogens is 881 g/mol. The first-order valence-electron chi connectivity index (χ1n) is 24.5. The number of halogens is 1. The van der Waals surface area contributed by atoms with Crippen molar-refractivity contribution in [1.29, 1.82) is 0 Å². The zero-order valence-corrected chi connectivity index (χ0v) is 50.1. The summed E-state index contributed by atoms with van der Waals surface area (Å²) in [6.45, 7) is 46.3. The van der Waals surface area contributed by atoms with Crippen LogP contribution in [0.25, 0.3) is 6.08 Å². The van der Waals surface area contributed by atoms with Gasteiger partial charge in [0.15, 0.2) is 7.38 Å². The van der Waals surface area contributed by atoms with E-state index in [1.807, 2.05) is 54.6 Å². The van der Waals surface area contributed by atoms with Crippen molar-refractivity contribution in [3.8, 4) is 0 Å². The van der Waals surface area contributed by atoms with Crippen LogP contribution in [0.1, 0.15) is 157 Å². The first-order valence-corrected chi connectivity index (χ1v) is 32.0. The van der Waals surface area contributed by atoms with Gasteiger partial charge >= 0.3 is 56.6 Å². The summed E-state index contributed by atoms with van der Waals surface area (Å²) in [5, 5.41) is 0. The normalized spacial score (nSPS) is 10.5. The number of hydrogen-bond donors (Lipinski definition) is 0. The third-order valence-corrected chi connectivity index (χ3v) is 16.3. The smallest absolute Gasteiger partial charge is 0.332 e. The van der Waals surface area contributed by atoms with E-state index in [9.17, 15) is 0 Å². The topological polar surface area (TPSA) is 0 Å². The summed E-state index contributed by atoms with van der Waals surface area (Å²) < 4.78 is 0. The summed E-state index contributed by atoms with van der Waals surface area (Å²) in [6.07, 6.45) is 22.9. The van der Waals surface area contributed by atoms with Gasteiger partial charge in [0.2, 0.25) is 0 Å². The molecule has 0 aromatic heterocycles. The van der Waals surface area contributed by atoms with Gasteiger partial charge in [-0.15, -0.1) is 44.0 Å². The predicted octanol–water partition coefficient (Wildman–Crippen LogP) is 13.4. The fourth-order valence-electron chi connectivity index (χ4n) is 5.73. The Morgan fingerprint density at radius 3 is 1.24 bits per heavy atom. The van der Waals surface area contributed by atoms with E-state index < -0.39 is 15.5 Å². The molecule has 0 nitrogen and oxygen atoms in total. The Morgan fingerprint density at radius 2 is 0.971 bits per heavy atom. The third kappa shape index (κ3) is 53.9. The fraction of sp³-hybridized carbons (Fsp3) is 0.453. The number of rotatable bonds is 19. The molecule has 0 bridgehead atoms. The average molecular weight is 988 g/mol. The quantitative estimate of drug-likeness (QED) is 0.0380. The summed E-state index contributed by atoms with van der Waals surface area (Å²) in [7, 11) is -2.62. The molecule has 380 valence electrons. The van der Waals surface area contributed by atoms with Gasteiger partial charge in [0, 0.05) is 0 Å². The van der Waals surface area contributed by atoms with Crippen LogP contribution >= 0.6 is 11.1 Å². The standard InChI is InChI=1S/C18H30Si.C12H17.C11H15.C8H8.C5H11ClSi.C4H9.C4H8.2CH4.3Li/c1-7-14-19(5,6)17(15-18(3,4)8-2)16-12-10-9-11-13-16;1-3-11(2)9-10-12-7-5-4-6-8-12;1-10(2)8-9-11-6-4-3-5-7-11;1-2-8-6-4-3-5-7-8;1-4-5-7(2,3)6;2*1-3-4-2;;;;;/h7,9-13,17H,1,8,14-15H2,2-6H3;4-8,10-11H,3,9H2,1-2H3;3-7,9-10H,8H2,1-2H3;2-7H,1H2;4H,1,5H2,2-3H3;3H,4H2,1-2H3;3H,1,4H2,2H3;2*1H4;;;/q;2*-1;;;-1;;;;3*+1. The Morgan fingerprint density at radius 1 is 0.600 bits per heavy atom. The Hall–Kier alpha value is -1.90. The van der Waals surface area contributed by atoms with Crippen molar-refractivity contribution in [2.45, 2.75) is 173 Å². The molecule has 0 aliphatic rings. The molecule has 0 aliphatic heterocycles. The Bertz CT molecular complexity index is 1650. The van der Waals surface area contributed by atoms with Gasteiger partial charge in [-0.05, 0) is 47.0 Å². The summed E-state index contributed by atoms with van der Waals surface area (Å²) in [5.41, 5.74) is 6.53. The first kappa shape index (κ1) is 84.9. The molecule has 0 saturated heterocycles. The van der Waals surface area contributed by atoms with Gasteiger partial charge in [-0.3, -0.25) is 0 Å². The van der Waals surface area contributed by atoms with Crippen LogP contribution in [-0.4, -0.2) is 15.5 Å². The molecule has 70 heavy (non-hydrogen) atoms. The van der Waals surface area contributed by atoms with Crippen LogP contribution < -0.4 is 56.6 Å². The Labute approximate surface area is 482 Å². The maximum absolute atomic E-state index is 5.90. The predicted molar refractivity (Wildman–Crippen MR) is 323 cm³/mol. The molecular formula is C64H106ClLi3Si2. The molecule has 2 unspecified atom stereocenters. The van der Waals surface area contributed by atoms with Gasteiger partial charge in [-0.1, -0.05) is 245 Å². The maximum atomic E-state index is 5.90. The zero-order chi connectivity index (χ0) is 50.0. The first-order chi connectivity index (χ1) is 30.8. The third-order valence-electron chi connectivity index (χ3n) is 10.8. The van der Waals surface area contributed by atoms with E-state index in [1.165, 1.54) is 66.8 Å². The molecule has 4 aromatic carbocycles. The largest absolute Gasteiger partial charge is 1.00 e. The second-order valence-electron chi connectivity index (χ2n) is 19.1. The number of benzene rings is 4. The van der Waals surface area contributed by atoms with Crippen LogP contribution in [0, 0.1) is 36.5 Å². The van der Waals surface area contributed by atoms with Crippen LogP contribution in [0.2, 0.25) is 38.3 Å². The molecule has 6 heteroatoms. The molecule has 4 rings (SSSR count). The summed E-state index contributed by atoms with van der Waals surface area (Å²) in [4.78, 5) is 0. The Kier molecular flexibility index (Phi) is 66.5. The van der Waals surface area contributed by atoms with E-state index in [2.05, 4.69) is 232 Å². The molecule has 0 amide bonds. The van der Waals surface area contributed by atoms with Gasteiger partial charge < -0.3 is 6.42 Å². The molecule has 0 radical (unpaired) electrons. The van der Waals surface area contributed by atoms with Crippen LogP contribution in [0.15, 0.2) is 166 Å². The van der Waals surface area contributed by atoms with Crippen LogP contribution in [0.3, 0.4) is 0 Å². The van der Waals surface area contributed by atoms with Crippen molar-refractivity contribution in [2.75, 3.05) is 0 Å². The molecule has 4 aromatic rings. The summed E-state index contributed by atoms with van der Waals surface area (Å²) >= 11 is 5.90. The number of hydrogen-bond acceptors (Lipinski definition) is 0.